The summed E-state index contributed by atoms with van der Waals surface area (Å²) >= 11 is 0. The van der Waals surface area contributed by atoms with E-state index >= 15 is 0 Å². The molecular formula is C10H8N2O. The Morgan fingerprint density at radius 1 is 1.46 bits per heavy atom. The van der Waals surface area contributed by atoms with E-state index in [0.29, 0.717) is 17.8 Å². The number of benzene rings is 1. The molecule has 64 valence electrons. The molecule has 13 heavy (non-hydrogen) atoms. The smallest absolute Gasteiger partial charge is 0.250 e. The zero-order valence-electron chi connectivity index (χ0n) is 7.00. The van der Waals surface area contributed by atoms with Crippen molar-refractivity contribution in [3.8, 4) is 0 Å². The first-order valence-electron chi connectivity index (χ1n) is 4.10. The molecule has 1 aromatic carbocycles. The van der Waals surface area contributed by atoms with Crippen molar-refractivity contribution < 1.29 is 4.79 Å². The van der Waals surface area contributed by atoms with Gasteiger partial charge in [-0.15, -0.1) is 0 Å². The van der Waals surface area contributed by atoms with Gasteiger partial charge in [0.05, 0.1) is 6.57 Å². The number of fused-ring (bicyclic) bond motifs is 1. The second-order valence-electron chi connectivity index (χ2n) is 2.96. The van der Waals surface area contributed by atoms with Gasteiger partial charge in [-0.25, -0.2) is 4.85 Å². The third-order valence-corrected chi connectivity index (χ3v) is 2.15. The van der Waals surface area contributed by atoms with Gasteiger partial charge in [-0.3, -0.25) is 4.79 Å². The van der Waals surface area contributed by atoms with Crippen molar-refractivity contribution in [3.63, 3.8) is 0 Å². The zero-order chi connectivity index (χ0) is 9.26. The van der Waals surface area contributed by atoms with Gasteiger partial charge < -0.3 is 5.32 Å². The molecule has 0 unspecified atom stereocenters. The fourth-order valence-corrected chi connectivity index (χ4v) is 1.47. The molecule has 2 rings (SSSR count). The topological polar surface area (TPSA) is 33.5 Å². The summed E-state index contributed by atoms with van der Waals surface area (Å²) in [6.45, 7) is 7.52. The fourth-order valence-electron chi connectivity index (χ4n) is 1.47. The van der Waals surface area contributed by atoms with Gasteiger partial charge in [0.1, 0.15) is 0 Å². The molecule has 0 fully saturated rings. The van der Waals surface area contributed by atoms with Crippen LogP contribution in [0.15, 0.2) is 18.2 Å². The molecule has 0 bridgehead atoms. The summed E-state index contributed by atoms with van der Waals surface area (Å²) in [5, 5.41) is 2.75. The maximum Gasteiger partial charge on any atom is 0.250 e. The van der Waals surface area contributed by atoms with E-state index in [-0.39, 0.29) is 5.91 Å². The third kappa shape index (κ3) is 1.27. The molecular weight excluding hydrogens is 164 g/mol. The van der Waals surface area contributed by atoms with E-state index in [2.05, 4.69) is 10.2 Å². The molecule has 1 aromatic rings. The second-order valence-corrected chi connectivity index (χ2v) is 2.96. The standard InChI is InChI=1S/C10H8N2O/c1-11-8-3-2-7-4-5-12-10(13)9(7)6-8/h2-3,6H,4-5H2,(H,12,13). The number of nitrogens with one attached hydrogen (secondary N) is 1. The van der Waals surface area contributed by atoms with Gasteiger partial charge in [0.2, 0.25) is 5.91 Å². The molecule has 0 atom stereocenters. The van der Waals surface area contributed by atoms with E-state index in [0.717, 1.165) is 12.0 Å². The van der Waals surface area contributed by atoms with Gasteiger partial charge in [-0.05, 0) is 18.1 Å². The Bertz CT molecular complexity index is 404. The van der Waals surface area contributed by atoms with Crippen LogP contribution in [0, 0.1) is 6.57 Å². The van der Waals surface area contributed by atoms with E-state index in [1.165, 1.54) is 0 Å². The largest absolute Gasteiger partial charge is 0.352 e. The van der Waals surface area contributed by atoms with Gasteiger partial charge in [0, 0.05) is 12.1 Å². The number of hydrogen-bond donors (Lipinski definition) is 1. The lowest BCUT2D eigenvalue weighted by atomic mass is 10.00. The maximum atomic E-state index is 11.3. The minimum absolute atomic E-state index is 0.0632. The average molecular weight is 172 g/mol. The SMILES string of the molecule is [C-]#[N+]c1ccc2c(c1)C(=O)NCC2. The average Bonchev–Trinajstić information content (AvgIpc) is 2.18. The molecule has 0 saturated carbocycles. The highest BCUT2D eigenvalue weighted by molar-refractivity contribution is 5.97. The molecule has 0 spiro atoms. The monoisotopic (exact) mass is 172 g/mol. The minimum atomic E-state index is -0.0632. The van der Waals surface area contributed by atoms with Crippen molar-refractivity contribution in [2.75, 3.05) is 6.54 Å². The third-order valence-electron chi connectivity index (χ3n) is 2.15. The summed E-state index contributed by atoms with van der Waals surface area (Å²) in [4.78, 5) is 14.6. The molecule has 1 aliphatic heterocycles. The van der Waals surface area contributed by atoms with E-state index in [1.54, 1.807) is 12.1 Å². The van der Waals surface area contributed by atoms with E-state index in [4.69, 9.17) is 6.57 Å². The lowest BCUT2D eigenvalue weighted by Gasteiger charge is -2.15. The van der Waals surface area contributed by atoms with Crippen molar-refractivity contribution in [1.29, 1.82) is 0 Å². The predicted octanol–water partition coefficient (Wildman–Crippen LogP) is 1.52. The number of amides is 1. The van der Waals surface area contributed by atoms with Crippen LogP contribution < -0.4 is 5.32 Å². The highest BCUT2D eigenvalue weighted by atomic mass is 16.1. The first-order chi connectivity index (χ1) is 6.31. The van der Waals surface area contributed by atoms with Crippen LogP contribution in [0.3, 0.4) is 0 Å². The van der Waals surface area contributed by atoms with Gasteiger partial charge in [0.15, 0.2) is 5.69 Å². The number of carbonyl (C=O) groups is 1. The summed E-state index contributed by atoms with van der Waals surface area (Å²) in [6.07, 6.45) is 0.860. The molecule has 0 saturated heterocycles. The van der Waals surface area contributed by atoms with Crippen LogP contribution in [0.25, 0.3) is 4.85 Å². The van der Waals surface area contributed by atoms with Crippen molar-refractivity contribution in [3.05, 3.63) is 40.7 Å². The van der Waals surface area contributed by atoms with Gasteiger partial charge in [-0.1, -0.05) is 12.1 Å². The number of nitrogens with zero attached hydrogens (tertiary/aromatic N) is 1. The van der Waals surface area contributed by atoms with Gasteiger partial charge in [-0.2, -0.15) is 0 Å². The second kappa shape index (κ2) is 2.91. The molecule has 0 radical (unpaired) electrons. The lowest BCUT2D eigenvalue weighted by Crippen LogP contribution is -2.31. The van der Waals surface area contributed by atoms with Crippen LogP contribution in [-0.4, -0.2) is 12.5 Å². The molecule has 3 nitrogen and oxygen atoms in total. The first kappa shape index (κ1) is 7.81. The van der Waals surface area contributed by atoms with Crippen LogP contribution in [0.1, 0.15) is 15.9 Å². The van der Waals surface area contributed by atoms with E-state index < -0.39 is 0 Å². The molecule has 0 aliphatic carbocycles. The van der Waals surface area contributed by atoms with Crippen molar-refractivity contribution in [1.82, 2.24) is 5.32 Å². The van der Waals surface area contributed by atoms with Crippen LogP contribution in [0.2, 0.25) is 0 Å². The normalized spacial score (nSPS) is 14.2. The minimum Gasteiger partial charge on any atom is -0.352 e. The summed E-state index contributed by atoms with van der Waals surface area (Å²) in [7, 11) is 0. The number of carbonyl (C=O) groups excluding carboxylic acids is 1. The molecule has 1 amide bonds. The Morgan fingerprint density at radius 2 is 2.31 bits per heavy atom. The van der Waals surface area contributed by atoms with E-state index in [9.17, 15) is 4.79 Å². The maximum absolute atomic E-state index is 11.3. The van der Waals surface area contributed by atoms with Crippen molar-refractivity contribution in [2.24, 2.45) is 0 Å². The fraction of sp³-hybridized carbons (Fsp3) is 0.200. The Kier molecular flexibility index (Phi) is 1.75. The Balaban J connectivity index is 2.55. The Labute approximate surface area is 76.2 Å². The molecule has 1 N–H and O–H groups in total. The summed E-state index contributed by atoms with van der Waals surface area (Å²) in [5.74, 6) is -0.0632. The predicted molar refractivity (Wildman–Crippen MR) is 48.7 cm³/mol. The van der Waals surface area contributed by atoms with Crippen LogP contribution in [0.4, 0.5) is 5.69 Å². The lowest BCUT2D eigenvalue weighted by molar-refractivity contribution is 0.0946. The van der Waals surface area contributed by atoms with Crippen LogP contribution in [-0.2, 0) is 6.42 Å². The Morgan fingerprint density at radius 3 is 3.08 bits per heavy atom. The summed E-state index contributed by atoms with van der Waals surface area (Å²) in [6, 6.07) is 5.27. The molecule has 3 heteroatoms. The van der Waals surface area contributed by atoms with Gasteiger partial charge in [0.25, 0.3) is 0 Å². The first-order valence-corrected chi connectivity index (χ1v) is 4.10. The van der Waals surface area contributed by atoms with E-state index in [1.807, 2.05) is 6.07 Å². The number of hydrogen-bond acceptors (Lipinski definition) is 1. The number of rotatable bonds is 0. The van der Waals surface area contributed by atoms with Crippen molar-refractivity contribution >= 4 is 11.6 Å². The highest BCUT2D eigenvalue weighted by Gasteiger charge is 2.15. The van der Waals surface area contributed by atoms with Gasteiger partial charge >= 0.3 is 0 Å². The molecule has 1 heterocycles. The highest BCUT2D eigenvalue weighted by Crippen LogP contribution is 2.20. The zero-order valence-corrected chi connectivity index (χ0v) is 7.00. The summed E-state index contributed by atoms with van der Waals surface area (Å²) in [5.41, 5.74) is 2.21. The molecule has 0 aromatic heterocycles. The molecule has 1 aliphatic rings. The summed E-state index contributed by atoms with van der Waals surface area (Å²) < 4.78 is 0. The quantitative estimate of drug-likeness (QED) is 0.591. The Hall–Kier alpha value is -1.82. The van der Waals surface area contributed by atoms with Crippen LogP contribution >= 0.6 is 0 Å². The van der Waals surface area contributed by atoms with Crippen LogP contribution in [0.5, 0.6) is 0 Å². The van der Waals surface area contributed by atoms with Crippen molar-refractivity contribution in [2.45, 2.75) is 6.42 Å².